The number of aromatic hydroxyl groups is 1. The van der Waals surface area contributed by atoms with E-state index >= 15 is 0 Å². The molecule has 3 aromatic rings. The molecule has 2 aromatic heterocycles. The maximum Gasteiger partial charge on any atom is 0.229 e. The van der Waals surface area contributed by atoms with E-state index in [1.807, 2.05) is 6.92 Å². The molecule has 2 atom stereocenters. The van der Waals surface area contributed by atoms with Crippen LogP contribution in [0.5, 0.6) is 5.75 Å². The van der Waals surface area contributed by atoms with Crippen molar-refractivity contribution in [1.82, 2.24) is 9.97 Å². The zero-order valence-electron chi connectivity index (χ0n) is 18.9. The van der Waals surface area contributed by atoms with E-state index < -0.39 is 15.8 Å². The van der Waals surface area contributed by atoms with Gasteiger partial charge in [0.2, 0.25) is 5.91 Å². The van der Waals surface area contributed by atoms with Crippen LogP contribution in [-0.2, 0) is 27.5 Å². The van der Waals surface area contributed by atoms with Gasteiger partial charge >= 0.3 is 0 Å². The molecule has 2 N–H and O–H groups in total. The maximum absolute atomic E-state index is 13.2. The van der Waals surface area contributed by atoms with Crippen molar-refractivity contribution in [1.29, 1.82) is 0 Å². The number of amides is 1. The van der Waals surface area contributed by atoms with Crippen LogP contribution >= 0.6 is 0 Å². The van der Waals surface area contributed by atoms with Gasteiger partial charge in [-0.2, -0.15) is 0 Å². The van der Waals surface area contributed by atoms with Gasteiger partial charge in [0.1, 0.15) is 11.6 Å². The van der Waals surface area contributed by atoms with Gasteiger partial charge in [0.05, 0.1) is 34.4 Å². The first-order valence-corrected chi connectivity index (χ1v) is 12.6. The smallest absolute Gasteiger partial charge is 0.229 e. The molecule has 9 heteroatoms. The predicted molar refractivity (Wildman–Crippen MR) is 127 cm³/mol. The number of ketones is 1. The number of nitrogens with one attached hydrogen (secondary N) is 1. The molecule has 2 heterocycles. The molecule has 8 nitrogen and oxygen atoms in total. The lowest BCUT2D eigenvalue weighted by atomic mass is 9.75. The minimum absolute atomic E-state index is 0.00619. The molecule has 0 spiro atoms. The van der Waals surface area contributed by atoms with Gasteiger partial charge in [-0.15, -0.1) is 0 Å². The monoisotopic (exact) mass is 479 g/mol. The third-order valence-corrected chi connectivity index (χ3v) is 7.76. The lowest BCUT2D eigenvalue weighted by molar-refractivity contribution is -0.115. The van der Waals surface area contributed by atoms with Crippen LogP contribution in [0.25, 0.3) is 0 Å². The van der Waals surface area contributed by atoms with Gasteiger partial charge in [0, 0.05) is 11.8 Å². The van der Waals surface area contributed by atoms with E-state index in [9.17, 15) is 23.1 Å². The Morgan fingerprint density at radius 2 is 1.88 bits per heavy atom. The average molecular weight is 480 g/mol. The second-order valence-electron chi connectivity index (χ2n) is 8.39. The zero-order valence-corrected chi connectivity index (χ0v) is 19.7. The Morgan fingerprint density at radius 3 is 2.56 bits per heavy atom. The molecule has 0 aliphatic heterocycles. The summed E-state index contributed by atoms with van der Waals surface area (Å²) in [6.45, 7) is 3.49. The van der Waals surface area contributed by atoms with Gasteiger partial charge in [-0.3, -0.25) is 14.6 Å². The second kappa shape index (κ2) is 9.34. The lowest BCUT2D eigenvalue weighted by Crippen LogP contribution is -2.30. The van der Waals surface area contributed by atoms with Crippen molar-refractivity contribution < 1.29 is 23.1 Å². The van der Waals surface area contributed by atoms with Crippen molar-refractivity contribution >= 4 is 27.3 Å². The summed E-state index contributed by atoms with van der Waals surface area (Å²) in [6, 6.07) is 12.6. The topological polar surface area (TPSA) is 126 Å². The Labute approximate surface area is 198 Å². The highest BCUT2D eigenvalue weighted by Crippen LogP contribution is 2.38. The molecule has 4 rings (SSSR count). The Morgan fingerprint density at radius 1 is 1.15 bits per heavy atom. The number of Topliss-reactive ketones (excluding diaryl/α,β-unsaturated/α-hetero) is 1. The first-order chi connectivity index (χ1) is 16.2. The molecular formula is C25H25N3O5S. The van der Waals surface area contributed by atoms with Gasteiger partial charge in [-0.1, -0.05) is 26.0 Å². The number of hydrogen-bond donors (Lipinski definition) is 2. The number of anilines is 1. The highest BCUT2D eigenvalue weighted by atomic mass is 32.2. The van der Waals surface area contributed by atoms with Crippen LogP contribution in [0, 0.1) is 5.92 Å². The van der Waals surface area contributed by atoms with Gasteiger partial charge in [-0.05, 0) is 54.3 Å². The van der Waals surface area contributed by atoms with Crippen molar-refractivity contribution in [3.63, 3.8) is 0 Å². The fourth-order valence-corrected chi connectivity index (χ4v) is 5.08. The number of carbonyl (C=O) groups is 2. The summed E-state index contributed by atoms with van der Waals surface area (Å²) < 4.78 is 23.9. The number of nitrogens with zero attached hydrogens (tertiary/aromatic N) is 2. The molecule has 34 heavy (non-hydrogen) atoms. The van der Waals surface area contributed by atoms with Crippen LogP contribution in [0.3, 0.4) is 0 Å². The van der Waals surface area contributed by atoms with Gasteiger partial charge in [0.25, 0.3) is 0 Å². The van der Waals surface area contributed by atoms with Crippen LogP contribution in [0.4, 0.5) is 5.82 Å². The van der Waals surface area contributed by atoms with Crippen molar-refractivity contribution in [2.75, 3.05) is 11.1 Å². The molecule has 1 aromatic carbocycles. The highest BCUT2D eigenvalue weighted by Gasteiger charge is 2.37. The molecule has 1 aliphatic carbocycles. The van der Waals surface area contributed by atoms with E-state index in [2.05, 4.69) is 15.3 Å². The summed E-state index contributed by atoms with van der Waals surface area (Å²) in [5.41, 5.74) is 2.09. The SMILES string of the molecule is CCS(=O)(=O)c1ccc(CC(=O)Nc2ccc3c(n2)CC(C)C(c2ncccc2O)C3=O)cc1. The molecule has 0 radical (unpaired) electrons. The van der Waals surface area contributed by atoms with E-state index in [0.717, 1.165) is 0 Å². The van der Waals surface area contributed by atoms with E-state index in [-0.39, 0.29) is 40.4 Å². The van der Waals surface area contributed by atoms with Crippen LogP contribution in [-0.4, -0.2) is 40.9 Å². The standard InChI is InChI=1S/C25H25N3O5S/c1-3-34(32,33)17-8-6-16(7-9-17)14-22(30)28-21-11-10-18-19(27-21)13-15(2)23(25(18)31)24-20(29)5-4-12-26-24/h4-12,15,23,29H,3,13-14H2,1-2H3,(H,27,28,30). The Kier molecular flexibility index (Phi) is 6.47. The molecule has 0 fully saturated rings. The molecule has 2 unspecified atom stereocenters. The molecule has 0 bridgehead atoms. The molecule has 176 valence electrons. The van der Waals surface area contributed by atoms with E-state index in [1.165, 1.54) is 18.2 Å². The third kappa shape index (κ3) is 4.70. The van der Waals surface area contributed by atoms with Crippen LogP contribution in [0.15, 0.2) is 59.6 Å². The second-order valence-corrected chi connectivity index (χ2v) is 10.7. The van der Waals surface area contributed by atoms with Crippen LogP contribution in [0.2, 0.25) is 0 Å². The predicted octanol–water partition coefficient (Wildman–Crippen LogP) is 3.32. The Balaban J connectivity index is 1.47. The van der Waals surface area contributed by atoms with Crippen molar-refractivity contribution in [3.05, 3.63) is 77.2 Å². The van der Waals surface area contributed by atoms with E-state index in [0.29, 0.717) is 34.8 Å². The fourth-order valence-electron chi connectivity index (χ4n) is 4.20. The summed E-state index contributed by atoms with van der Waals surface area (Å²) in [4.78, 5) is 34.6. The normalized spacial score (nSPS) is 17.8. The van der Waals surface area contributed by atoms with Crippen LogP contribution < -0.4 is 5.32 Å². The Hall–Kier alpha value is -3.59. The number of pyridine rings is 2. The highest BCUT2D eigenvalue weighted by molar-refractivity contribution is 7.91. The number of fused-ring (bicyclic) bond motifs is 1. The van der Waals surface area contributed by atoms with Gasteiger partial charge < -0.3 is 10.4 Å². The largest absolute Gasteiger partial charge is 0.506 e. The number of carbonyl (C=O) groups excluding carboxylic acids is 2. The molecule has 1 aliphatic rings. The number of sulfone groups is 1. The zero-order chi connectivity index (χ0) is 24.5. The van der Waals surface area contributed by atoms with E-state index in [4.69, 9.17) is 0 Å². The third-order valence-electron chi connectivity index (χ3n) is 6.01. The fraction of sp³-hybridized carbons (Fsp3) is 0.280. The molecular weight excluding hydrogens is 454 g/mol. The van der Waals surface area contributed by atoms with Gasteiger partial charge in [-0.25, -0.2) is 13.4 Å². The summed E-state index contributed by atoms with van der Waals surface area (Å²) in [5, 5.41) is 12.9. The molecule has 0 saturated heterocycles. The van der Waals surface area contributed by atoms with E-state index in [1.54, 1.807) is 43.5 Å². The number of hydrogen-bond acceptors (Lipinski definition) is 7. The number of benzene rings is 1. The first-order valence-electron chi connectivity index (χ1n) is 11.0. The summed E-state index contributed by atoms with van der Waals surface area (Å²) in [7, 11) is -3.29. The number of aromatic nitrogens is 2. The minimum atomic E-state index is -3.29. The summed E-state index contributed by atoms with van der Waals surface area (Å²) in [5.74, 6) is -0.795. The molecule has 1 amide bonds. The number of rotatable bonds is 6. The van der Waals surface area contributed by atoms with Crippen LogP contribution in [0.1, 0.15) is 47.1 Å². The lowest BCUT2D eigenvalue weighted by Gasteiger charge is -2.29. The van der Waals surface area contributed by atoms with Crippen molar-refractivity contribution in [2.45, 2.75) is 37.5 Å². The summed E-state index contributed by atoms with van der Waals surface area (Å²) >= 11 is 0. The van der Waals surface area contributed by atoms with Crippen molar-refractivity contribution in [3.8, 4) is 5.75 Å². The summed E-state index contributed by atoms with van der Waals surface area (Å²) in [6.07, 6.45) is 2.11. The Bertz CT molecular complexity index is 1350. The maximum atomic E-state index is 13.2. The quantitative estimate of drug-likeness (QED) is 0.555. The first kappa shape index (κ1) is 23.6. The molecule has 0 saturated carbocycles. The van der Waals surface area contributed by atoms with Crippen molar-refractivity contribution in [2.24, 2.45) is 5.92 Å². The average Bonchev–Trinajstić information content (AvgIpc) is 2.80. The minimum Gasteiger partial charge on any atom is -0.506 e. The van der Waals surface area contributed by atoms with Gasteiger partial charge in [0.15, 0.2) is 15.6 Å².